The van der Waals surface area contributed by atoms with Crippen LogP contribution in [0.25, 0.3) is 16.3 Å². The number of rotatable bonds is 9. The number of aryl methyl sites for hydroxylation is 2. The molecule has 2 N–H and O–H groups in total. The number of hydrogen-bond acceptors (Lipinski definition) is 5. The van der Waals surface area contributed by atoms with Crippen LogP contribution in [0.2, 0.25) is 0 Å². The molecule has 0 amide bonds. The van der Waals surface area contributed by atoms with Crippen LogP contribution in [-0.4, -0.2) is 28.7 Å². The van der Waals surface area contributed by atoms with Crippen LogP contribution in [0.5, 0.6) is 0 Å². The second kappa shape index (κ2) is 12.1. The number of aliphatic carboxylic acids is 2. The average molecular weight is 588 g/mol. The van der Waals surface area contributed by atoms with Gasteiger partial charge in [-0.15, -0.1) is 0 Å². The van der Waals surface area contributed by atoms with Crippen LogP contribution in [0.3, 0.4) is 0 Å². The maximum absolute atomic E-state index is 11.3. The van der Waals surface area contributed by atoms with Crippen molar-refractivity contribution in [2.45, 2.75) is 57.9 Å². The Morgan fingerprint density at radius 1 is 1.02 bits per heavy atom. The van der Waals surface area contributed by atoms with Gasteiger partial charge in [0.2, 0.25) is 5.52 Å². The largest absolute Gasteiger partial charge is 0.481 e. The van der Waals surface area contributed by atoms with Gasteiger partial charge in [-0.3, -0.25) is 9.59 Å². The predicted octanol–water partition coefficient (Wildman–Crippen LogP) is 7.59. The number of fused-ring (bicyclic) bond motifs is 2. The quantitative estimate of drug-likeness (QED) is 0.251. The van der Waals surface area contributed by atoms with Crippen molar-refractivity contribution >= 4 is 57.0 Å². The van der Waals surface area contributed by atoms with Gasteiger partial charge in [0, 0.05) is 23.6 Å². The SMILES string of the molecule is Cc1ccc2c(c1)sc(C=CC1=CC(=CC=C3Sc4ccccc4N3CCC(=O)O)CC(C)(C)C1)[n+]2CCC(=O)O. The third-order valence-electron chi connectivity index (χ3n) is 7.24. The molecule has 41 heavy (non-hydrogen) atoms. The number of anilines is 1. The monoisotopic (exact) mass is 587 g/mol. The zero-order chi connectivity index (χ0) is 29.1. The summed E-state index contributed by atoms with van der Waals surface area (Å²) in [5.41, 5.74) is 5.86. The van der Waals surface area contributed by atoms with Crippen molar-refractivity contribution < 1.29 is 24.4 Å². The first-order valence-corrected chi connectivity index (χ1v) is 15.4. The van der Waals surface area contributed by atoms with Gasteiger partial charge in [-0.2, -0.15) is 4.57 Å². The summed E-state index contributed by atoms with van der Waals surface area (Å²) in [6, 6.07) is 14.4. The molecule has 8 heteroatoms. The summed E-state index contributed by atoms with van der Waals surface area (Å²) in [5, 5.41) is 20.7. The Kier molecular flexibility index (Phi) is 8.52. The van der Waals surface area contributed by atoms with Crippen molar-refractivity contribution in [3.63, 3.8) is 0 Å². The van der Waals surface area contributed by atoms with Crippen molar-refractivity contribution in [2.24, 2.45) is 5.41 Å². The van der Waals surface area contributed by atoms with Crippen LogP contribution in [-0.2, 0) is 16.1 Å². The number of thiazole rings is 1. The molecule has 212 valence electrons. The molecule has 0 fully saturated rings. The zero-order valence-electron chi connectivity index (χ0n) is 23.6. The van der Waals surface area contributed by atoms with E-state index in [1.807, 2.05) is 18.2 Å². The number of thioether (sulfide) groups is 1. The van der Waals surface area contributed by atoms with Gasteiger partial charge in [-0.1, -0.05) is 73.4 Å². The van der Waals surface area contributed by atoms with E-state index in [0.717, 1.165) is 43.7 Å². The lowest BCUT2D eigenvalue weighted by Gasteiger charge is -2.30. The lowest BCUT2D eigenvalue weighted by Crippen LogP contribution is -2.36. The molecule has 2 aromatic carbocycles. The van der Waals surface area contributed by atoms with Crippen molar-refractivity contribution in [1.82, 2.24) is 0 Å². The van der Waals surface area contributed by atoms with Crippen LogP contribution < -0.4 is 9.47 Å². The Labute approximate surface area is 249 Å². The summed E-state index contributed by atoms with van der Waals surface area (Å²) in [6.45, 7) is 7.50. The molecule has 3 aromatic rings. The van der Waals surface area contributed by atoms with E-state index in [0.29, 0.717) is 13.1 Å². The molecule has 6 nitrogen and oxygen atoms in total. The first-order valence-electron chi connectivity index (χ1n) is 13.8. The number of hydrogen-bond donors (Lipinski definition) is 2. The molecular weight excluding hydrogens is 553 g/mol. The fourth-order valence-electron chi connectivity index (χ4n) is 5.47. The number of carboxylic acids is 2. The van der Waals surface area contributed by atoms with Gasteiger partial charge in [-0.05, 0) is 66.2 Å². The average Bonchev–Trinajstić information content (AvgIpc) is 3.44. The standard InChI is InChI=1S/C33H34N2O4S2/c1-22-8-11-26-28(18-22)41-30(35(26)17-15-32(38)39)13-10-24-19-23(20-33(2,3)21-24)9-12-29-34(16-14-31(36)37)25-6-4-5-7-27(25)40-29/h4-13,18-19H,14-17,20-21H2,1-3H3,(H-,36,37,38,39)/p+1. The molecule has 0 spiro atoms. The van der Waals surface area contributed by atoms with Crippen LogP contribution in [0.15, 0.2) is 87.8 Å². The minimum Gasteiger partial charge on any atom is -0.481 e. The Morgan fingerprint density at radius 3 is 2.59 bits per heavy atom. The van der Waals surface area contributed by atoms with Gasteiger partial charge >= 0.3 is 11.9 Å². The highest BCUT2D eigenvalue weighted by Crippen LogP contribution is 2.46. The number of nitrogens with zero attached hydrogens (tertiary/aromatic N) is 2. The molecule has 0 bridgehead atoms. The number of allylic oxidation sites excluding steroid dienone is 6. The van der Waals surface area contributed by atoms with Gasteiger partial charge in [0.1, 0.15) is 11.1 Å². The third kappa shape index (κ3) is 7.00. The summed E-state index contributed by atoms with van der Waals surface area (Å²) >= 11 is 3.36. The highest BCUT2D eigenvalue weighted by Gasteiger charge is 2.27. The normalized spacial score (nSPS) is 18.4. The van der Waals surface area contributed by atoms with E-state index in [1.165, 1.54) is 16.7 Å². The minimum absolute atomic E-state index is 0.0772. The van der Waals surface area contributed by atoms with Crippen LogP contribution >= 0.6 is 23.1 Å². The van der Waals surface area contributed by atoms with E-state index in [9.17, 15) is 19.8 Å². The fraction of sp³-hybridized carbons (Fsp3) is 0.303. The van der Waals surface area contributed by atoms with Crippen LogP contribution in [0.4, 0.5) is 5.69 Å². The third-order valence-corrected chi connectivity index (χ3v) is 9.48. The lowest BCUT2D eigenvalue weighted by molar-refractivity contribution is -0.667. The Balaban J connectivity index is 1.44. The van der Waals surface area contributed by atoms with E-state index in [2.05, 4.69) is 84.9 Å². The summed E-state index contributed by atoms with van der Waals surface area (Å²) < 4.78 is 3.27. The summed E-state index contributed by atoms with van der Waals surface area (Å²) in [4.78, 5) is 25.9. The zero-order valence-corrected chi connectivity index (χ0v) is 25.2. The first-order chi connectivity index (χ1) is 19.6. The molecule has 0 saturated carbocycles. The molecule has 0 radical (unpaired) electrons. The predicted molar refractivity (Wildman–Crippen MR) is 167 cm³/mol. The number of carboxylic acid groups (broad SMARTS) is 2. The maximum atomic E-state index is 11.3. The number of aromatic nitrogens is 1. The lowest BCUT2D eigenvalue weighted by atomic mass is 9.75. The second-order valence-electron chi connectivity index (χ2n) is 11.4. The molecular formula is C33H35N2O4S2+. The molecule has 5 rings (SSSR count). The molecule has 0 atom stereocenters. The van der Waals surface area contributed by atoms with Gasteiger partial charge < -0.3 is 15.1 Å². The topological polar surface area (TPSA) is 81.7 Å². The van der Waals surface area contributed by atoms with Crippen molar-refractivity contribution in [2.75, 3.05) is 11.4 Å². The van der Waals surface area contributed by atoms with E-state index < -0.39 is 11.9 Å². The van der Waals surface area contributed by atoms with Crippen molar-refractivity contribution in [1.29, 1.82) is 0 Å². The molecule has 0 saturated heterocycles. The van der Waals surface area contributed by atoms with Gasteiger partial charge in [0.15, 0.2) is 6.54 Å². The molecule has 2 heterocycles. The van der Waals surface area contributed by atoms with Crippen molar-refractivity contribution in [3.8, 4) is 0 Å². The van der Waals surface area contributed by atoms with Gasteiger partial charge in [-0.25, -0.2) is 0 Å². The number of para-hydroxylation sites is 1. The second-order valence-corrected chi connectivity index (χ2v) is 13.5. The molecule has 1 aromatic heterocycles. The summed E-state index contributed by atoms with van der Waals surface area (Å²) in [5.74, 6) is -1.60. The number of carbonyl (C=O) groups is 2. The van der Waals surface area contributed by atoms with E-state index in [-0.39, 0.29) is 18.3 Å². The highest BCUT2D eigenvalue weighted by atomic mass is 32.2. The maximum Gasteiger partial charge on any atom is 0.309 e. The molecule has 1 aliphatic heterocycles. The van der Waals surface area contributed by atoms with E-state index in [1.54, 1.807) is 23.1 Å². The van der Waals surface area contributed by atoms with Gasteiger partial charge in [0.25, 0.3) is 5.01 Å². The van der Waals surface area contributed by atoms with Gasteiger partial charge in [0.05, 0.1) is 17.1 Å². The van der Waals surface area contributed by atoms with E-state index >= 15 is 0 Å². The minimum atomic E-state index is -0.802. The Hall–Kier alpha value is -3.62. The first kappa shape index (κ1) is 28.9. The summed E-state index contributed by atoms with van der Waals surface area (Å²) in [7, 11) is 0. The van der Waals surface area contributed by atoms with Crippen LogP contribution in [0.1, 0.15) is 50.1 Å². The fourth-order valence-corrected chi connectivity index (χ4v) is 7.75. The molecule has 0 unspecified atom stereocenters. The summed E-state index contributed by atoms with van der Waals surface area (Å²) in [6.07, 6.45) is 12.9. The van der Waals surface area contributed by atoms with E-state index in [4.69, 9.17) is 0 Å². The van der Waals surface area contributed by atoms with Crippen molar-refractivity contribution in [3.05, 3.63) is 93.5 Å². The number of benzene rings is 2. The smallest absolute Gasteiger partial charge is 0.309 e. The highest BCUT2D eigenvalue weighted by molar-refractivity contribution is 8.03. The Bertz CT molecular complexity index is 1630. The molecule has 1 aliphatic carbocycles. The Morgan fingerprint density at radius 2 is 1.80 bits per heavy atom. The molecule has 2 aliphatic rings. The van der Waals surface area contributed by atoms with Crippen LogP contribution in [0, 0.1) is 12.3 Å².